The van der Waals surface area contributed by atoms with Crippen LogP contribution in [-0.4, -0.2) is 16.0 Å². The summed E-state index contributed by atoms with van der Waals surface area (Å²) >= 11 is 3.32. The minimum atomic E-state index is -0.818. The molecule has 1 aliphatic carbocycles. The zero-order chi connectivity index (χ0) is 10.1. The van der Waals surface area contributed by atoms with Gasteiger partial charge in [0.05, 0.1) is 5.57 Å². The third kappa shape index (κ3) is 1.59. The van der Waals surface area contributed by atoms with Gasteiger partial charge >= 0.3 is 5.97 Å². The van der Waals surface area contributed by atoms with E-state index in [-0.39, 0.29) is 4.95 Å². The first-order valence-electron chi connectivity index (χ1n) is 4.76. The van der Waals surface area contributed by atoms with Crippen molar-refractivity contribution in [1.29, 1.82) is 0 Å². The van der Waals surface area contributed by atoms with E-state index in [9.17, 15) is 4.79 Å². The van der Waals surface area contributed by atoms with Crippen LogP contribution in [0.1, 0.15) is 25.7 Å². The smallest absolute Gasteiger partial charge is 0.334 e. The quantitative estimate of drug-likeness (QED) is 0.559. The van der Waals surface area contributed by atoms with Crippen LogP contribution in [0.15, 0.2) is 22.9 Å². The Bertz CT molecular complexity index is 333. The molecule has 0 spiro atoms. The van der Waals surface area contributed by atoms with Gasteiger partial charge in [0, 0.05) is 6.20 Å². The van der Waals surface area contributed by atoms with Crippen molar-refractivity contribution >= 4 is 21.9 Å². The molecule has 1 fully saturated rings. The number of fused-ring (bicyclic) bond motifs is 1. The van der Waals surface area contributed by atoms with Crippen LogP contribution in [0.25, 0.3) is 0 Å². The van der Waals surface area contributed by atoms with E-state index in [1.807, 2.05) is 6.20 Å². The van der Waals surface area contributed by atoms with Crippen LogP contribution in [0.2, 0.25) is 0 Å². The molecule has 1 saturated carbocycles. The summed E-state index contributed by atoms with van der Waals surface area (Å²) in [6, 6.07) is 0. The van der Waals surface area contributed by atoms with E-state index in [0.29, 0.717) is 5.57 Å². The van der Waals surface area contributed by atoms with E-state index < -0.39 is 5.97 Å². The number of nitrogens with one attached hydrogen (secondary N) is 1. The summed E-state index contributed by atoms with van der Waals surface area (Å²) in [7, 11) is 0. The van der Waals surface area contributed by atoms with Gasteiger partial charge in [-0.05, 0) is 36.8 Å². The minimum absolute atomic E-state index is 0.239. The van der Waals surface area contributed by atoms with E-state index in [1.165, 1.54) is 5.57 Å². The Labute approximate surface area is 91.0 Å². The Morgan fingerprint density at radius 1 is 1.50 bits per heavy atom. The fraction of sp³-hybridized carbons (Fsp3) is 0.500. The lowest BCUT2D eigenvalue weighted by Gasteiger charge is -2.27. The van der Waals surface area contributed by atoms with Gasteiger partial charge in [0.1, 0.15) is 4.95 Å². The van der Waals surface area contributed by atoms with Crippen LogP contribution in [0.3, 0.4) is 0 Å². The van der Waals surface area contributed by atoms with Crippen LogP contribution in [-0.2, 0) is 4.79 Å². The molecule has 76 valence electrons. The predicted molar refractivity (Wildman–Crippen MR) is 57.1 cm³/mol. The Morgan fingerprint density at radius 3 is 2.93 bits per heavy atom. The van der Waals surface area contributed by atoms with Crippen molar-refractivity contribution in [3.8, 4) is 0 Å². The summed E-state index contributed by atoms with van der Waals surface area (Å²) in [4.78, 5) is 10.8. The van der Waals surface area contributed by atoms with Gasteiger partial charge in [0.25, 0.3) is 0 Å². The molecule has 2 rings (SSSR count). The highest BCUT2D eigenvalue weighted by atomic mass is 79.9. The van der Waals surface area contributed by atoms with Crippen molar-refractivity contribution in [3.05, 3.63) is 22.9 Å². The maximum atomic E-state index is 11.1. The molecule has 2 aliphatic rings. The van der Waals surface area contributed by atoms with Crippen LogP contribution >= 0.6 is 15.9 Å². The van der Waals surface area contributed by atoms with Crippen molar-refractivity contribution in [3.63, 3.8) is 0 Å². The van der Waals surface area contributed by atoms with Gasteiger partial charge in [0.15, 0.2) is 0 Å². The molecular weight excluding hydrogens is 246 g/mol. The number of carboxylic acids is 1. The summed E-state index contributed by atoms with van der Waals surface area (Å²) in [5.41, 5.74) is 2.69. The lowest BCUT2D eigenvalue weighted by molar-refractivity contribution is -0.132. The largest absolute Gasteiger partial charge is 0.478 e. The van der Waals surface area contributed by atoms with Gasteiger partial charge in [0.2, 0.25) is 0 Å². The van der Waals surface area contributed by atoms with E-state index in [2.05, 4.69) is 21.2 Å². The molecule has 1 aliphatic heterocycles. The van der Waals surface area contributed by atoms with Crippen molar-refractivity contribution in [2.45, 2.75) is 30.6 Å². The Balaban J connectivity index is 2.41. The number of alkyl halides is 1. The molecule has 14 heavy (non-hydrogen) atoms. The molecular formula is C10H12BrNO2. The number of hydrogen-bond acceptors (Lipinski definition) is 2. The molecule has 1 atom stereocenters. The third-order valence-corrected chi connectivity index (χ3v) is 3.45. The van der Waals surface area contributed by atoms with Crippen molar-refractivity contribution in [2.75, 3.05) is 0 Å². The first-order valence-corrected chi connectivity index (χ1v) is 5.67. The average molecular weight is 258 g/mol. The van der Waals surface area contributed by atoms with Crippen molar-refractivity contribution in [1.82, 2.24) is 5.32 Å². The van der Waals surface area contributed by atoms with Gasteiger partial charge in [-0.15, -0.1) is 0 Å². The van der Waals surface area contributed by atoms with Gasteiger partial charge < -0.3 is 10.4 Å². The number of hydrogen-bond donors (Lipinski definition) is 2. The highest BCUT2D eigenvalue weighted by Crippen LogP contribution is 2.35. The topological polar surface area (TPSA) is 49.3 Å². The Kier molecular flexibility index (Phi) is 2.63. The summed E-state index contributed by atoms with van der Waals surface area (Å²) in [6.45, 7) is 0. The van der Waals surface area contributed by atoms with Gasteiger partial charge in [-0.3, -0.25) is 0 Å². The van der Waals surface area contributed by atoms with Crippen molar-refractivity contribution in [2.24, 2.45) is 0 Å². The molecule has 1 unspecified atom stereocenters. The van der Waals surface area contributed by atoms with E-state index in [4.69, 9.17) is 5.11 Å². The first kappa shape index (κ1) is 9.77. The molecule has 0 aromatic heterocycles. The van der Waals surface area contributed by atoms with Crippen molar-refractivity contribution < 1.29 is 9.90 Å². The normalized spacial score (nSPS) is 26.4. The molecule has 0 aromatic rings. The van der Waals surface area contributed by atoms with Crippen LogP contribution in [0.4, 0.5) is 0 Å². The molecule has 0 saturated heterocycles. The van der Waals surface area contributed by atoms with Crippen LogP contribution in [0.5, 0.6) is 0 Å². The lowest BCUT2D eigenvalue weighted by Crippen LogP contribution is -2.31. The third-order valence-electron chi connectivity index (χ3n) is 2.72. The van der Waals surface area contributed by atoms with E-state index in [1.54, 1.807) is 0 Å². The molecule has 2 N–H and O–H groups in total. The highest BCUT2D eigenvalue weighted by molar-refractivity contribution is 9.09. The summed E-state index contributed by atoms with van der Waals surface area (Å²) in [5.74, 6) is -0.818. The predicted octanol–water partition coefficient (Wildman–Crippen LogP) is 2.15. The molecule has 0 radical (unpaired) electrons. The number of aliphatic carboxylic acids is 1. The second kappa shape index (κ2) is 3.77. The second-order valence-corrected chi connectivity index (χ2v) is 4.52. The zero-order valence-electron chi connectivity index (χ0n) is 7.72. The monoisotopic (exact) mass is 257 g/mol. The SMILES string of the molecule is O=C(O)C1=C2CCCCC2=CNC1Br. The number of dihydropyridines is 1. The maximum Gasteiger partial charge on any atom is 0.334 e. The van der Waals surface area contributed by atoms with E-state index in [0.717, 1.165) is 31.3 Å². The number of halogens is 1. The maximum absolute atomic E-state index is 11.1. The number of carboxylic acid groups (broad SMARTS) is 1. The Hall–Kier alpha value is -0.770. The summed E-state index contributed by atoms with van der Waals surface area (Å²) < 4.78 is 0. The van der Waals surface area contributed by atoms with Gasteiger partial charge in [-0.2, -0.15) is 0 Å². The standard InChI is InChI=1S/C10H12BrNO2/c11-9-8(10(13)14)7-4-2-1-3-6(7)5-12-9/h5,9,12H,1-4H2,(H,13,14). The molecule has 0 bridgehead atoms. The molecule has 1 heterocycles. The fourth-order valence-corrected chi connectivity index (χ4v) is 2.65. The average Bonchev–Trinajstić information content (AvgIpc) is 2.17. The highest BCUT2D eigenvalue weighted by Gasteiger charge is 2.28. The summed E-state index contributed by atoms with van der Waals surface area (Å²) in [6.07, 6.45) is 6.11. The fourth-order valence-electron chi connectivity index (χ4n) is 2.04. The molecule has 0 amide bonds. The number of rotatable bonds is 1. The number of carbonyl (C=O) groups is 1. The van der Waals surface area contributed by atoms with Gasteiger partial charge in [-0.1, -0.05) is 15.9 Å². The first-order chi connectivity index (χ1) is 6.70. The van der Waals surface area contributed by atoms with Crippen LogP contribution in [0, 0.1) is 0 Å². The zero-order valence-corrected chi connectivity index (χ0v) is 9.30. The number of allylic oxidation sites excluding steroid dienone is 2. The molecule has 3 nitrogen and oxygen atoms in total. The molecule has 0 aromatic carbocycles. The summed E-state index contributed by atoms with van der Waals surface area (Å²) in [5, 5.41) is 12.1. The minimum Gasteiger partial charge on any atom is -0.478 e. The van der Waals surface area contributed by atoms with Crippen LogP contribution < -0.4 is 5.32 Å². The lowest BCUT2D eigenvalue weighted by atomic mass is 9.85. The Morgan fingerprint density at radius 2 is 2.21 bits per heavy atom. The molecule has 4 heteroatoms. The van der Waals surface area contributed by atoms with Gasteiger partial charge in [-0.25, -0.2) is 4.79 Å². The van der Waals surface area contributed by atoms with E-state index >= 15 is 0 Å². The second-order valence-electron chi connectivity index (χ2n) is 3.60.